The molecule has 1 unspecified atom stereocenters. The number of ether oxygens (including phenoxy) is 2. The Morgan fingerprint density at radius 1 is 1.14 bits per heavy atom. The summed E-state index contributed by atoms with van der Waals surface area (Å²) in [5.74, 6) is 1.38. The van der Waals surface area contributed by atoms with Gasteiger partial charge < -0.3 is 14.8 Å². The largest absolute Gasteiger partial charge is 0.493 e. The van der Waals surface area contributed by atoms with Crippen LogP contribution < -0.4 is 14.8 Å². The second-order valence-corrected chi connectivity index (χ2v) is 5.68. The molecule has 0 aliphatic rings. The van der Waals surface area contributed by atoms with Gasteiger partial charge >= 0.3 is 0 Å². The van der Waals surface area contributed by atoms with Gasteiger partial charge in [-0.1, -0.05) is 38.7 Å². The van der Waals surface area contributed by atoms with Crippen molar-refractivity contribution in [3.63, 3.8) is 0 Å². The van der Waals surface area contributed by atoms with E-state index in [1.165, 1.54) is 25.7 Å². The van der Waals surface area contributed by atoms with E-state index in [1.807, 2.05) is 18.2 Å². The van der Waals surface area contributed by atoms with E-state index in [2.05, 4.69) is 19.2 Å². The van der Waals surface area contributed by atoms with Gasteiger partial charge in [0, 0.05) is 6.04 Å². The van der Waals surface area contributed by atoms with Crippen LogP contribution in [0.2, 0.25) is 0 Å². The summed E-state index contributed by atoms with van der Waals surface area (Å²) in [5.41, 5.74) is 0.924. The predicted octanol–water partition coefficient (Wildman–Crippen LogP) is 3.72. The lowest BCUT2D eigenvalue weighted by molar-refractivity contribution is -0.121. The number of nitrogens with one attached hydrogen (secondary N) is 1. The number of rotatable bonds is 10. The monoisotopic (exact) mass is 307 g/mol. The summed E-state index contributed by atoms with van der Waals surface area (Å²) in [7, 11) is 3.20. The maximum absolute atomic E-state index is 12.1. The molecule has 0 radical (unpaired) electrons. The van der Waals surface area contributed by atoms with Gasteiger partial charge in [0.1, 0.15) is 0 Å². The normalized spacial score (nSPS) is 11.8. The average Bonchev–Trinajstić information content (AvgIpc) is 2.51. The van der Waals surface area contributed by atoms with Crippen LogP contribution in [-0.4, -0.2) is 26.2 Å². The molecule has 0 bridgehead atoms. The van der Waals surface area contributed by atoms with Crippen LogP contribution in [0.15, 0.2) is 18.2 Å². The van der Waals surface area contributed by atoms with E-state index in [4.69, 9.17) is 9.47 Å². The van der Waals surface area contributed by atoms with Crippen LogP contribution in [-0.2, 0) is 11.2 Å². The minimum Gasteiger partial charge on any atom is -0.493 e. The highest BCUT2D eigenvalue weighted by molar-refractivity contribution is 5.79. The highest BCUT2D eigenvalue weighted by Gasteiger charge is 2.10. The number of amides is 1. The number of carbonyl (C=O) groups is 1. The Labute approximate surface area is 134 Å². The zero-order valence-corrected chi connectivity index (χ0v) is 14.3. The first-order chi connectivity index (χ1) is 10.6. The lowest BCUT2D eigenvalue weighted by atomic mass is 10.1. The third kappa shape index (κ3) is 6.37. The van der Waals surface area contributed by atoms with Crippen LogP contribution >= 0.6 is 0 Å². The Bertz CT molecular complexity index is 460. The molecule has 4 nitrogen and oxygen atoms in total. The number of carbonyl (C=O) groups excluding carboxylic acids is 1. The first kappa shape index (κ1) is 18.3. The van der Waals surface area contributed by atoms with E-state index in [-0.39, 0.29) is 11.9 Å². The summed E-state index contributed by atoms with van der Waals surface area (Å²) in [6, 6.07) is 5.80. The fourth-order valence-electron chi connectivity index (χ4n) is 2.45. The fourth-order valence-corrected chi connectivity index (χ4v) is 2.45. The standard InChI is InChI=1S/C18H29NO3/c1-5-6-7-8-9-14(2)19-18(20)13-15-10-11-16(21-3)17(12-15)22-4/h10-12,14H,5-9,13H2,1-4H3,(H,19,20). The molecule has 0 saturated carbocycles. The van der Waals surface area contributed by atoms with Gasteiger partial charge in [0.25, 0.3) is 0 Å². The van der Waals surface area contributed by atoms with Crippen molar-refractivity contribution < 1.29 is 14.3 Å². The molecule has 0 heterocycles. The Balaban J connectivity index is 2.44. The maximum atomic E-state index is 12.1. The van der Waals surface area contributed by atoms with Gasteiger partial charge in [0.05, 0.1) is 20.6 Å². The van der Waals surface area contributed by atoms with Gasteiger partial charge in [-0.05, 0) is 31.0 Å². The molecule has 0 aromatic heterocycles. The van der Waals surface area contributed by atoms with Crippen LogP contribution in [0.1, 0.15) is 51.5 Å². The lowest BCUT2D eigenvalue weighted by Gasteiger charge is -2.14. The van der Waals surface area contributed by atoms with E-state index >= 15 is 0 Å². The number of hydrogen-bond donors (Lipinski definition) is 1. The summed E-state index contributed by atoms with van der Waals surface area (Å²) < 4.78 is 10.5. The lowest BCUT2D eigenvalue weighted by Crippen LogP contribution is -2.33. The molecule has 1 atom stereocenters. The highest BCUT2D eigenvalue weighted by Crippen LogP contribution is 2.27. The van der Waals surface area contributed by atoms with Gasteiger partial charge in [-0.25, -0.2) is 0 Å². The van der Waals surface area contributed by atoms with Crippen molar-refractivity contribution in [3.8, 4) is 11.5 Å². The van der Waals surface area contributed by atoms with Gasteiger partial charge in [-0.2, -0.15) is 0 Å². The molecule has 0 saturated heterocycles. The van der Waals surface area contributed by atoms with Crippen molar-refractivity contribution in [2.75, 3.05) is 14.2 Å². The van der Waals surface area contributed by atoms with Crippen molar-refractivity contribution in [2.24, 2.45) is 0 Å². The Hall–Kier alpha value is -1.71. The zero-order chi connectivity index (χ0) is 16.4. The maximum Gasteiger partial charge on any atom is 0.224 e. The Morgan fingerprint density at radius 3 is 2.50 bits per heavy atom. The third-order valence-electron chi connectivity index (χ3n) is 3.71. The fraction of sp³-hybridized carbons (Fsp3) is 0.611. The molecule has 0 aliphatic carbocycles. The minimum atomic E-state index is 0.0511. The van der Waals surface area contributed by atoms with Crippen LogP contribution in [0.4, 0.5) is 0 Å². The molecule has 1 N–H and O–H groups in total. The van der Waals surface area contributed by atoms with Crippen LogP contribution in [0.3, 0.4) is 0 Å². The van der Waals surface area contributed by atoms with Crippen molar-refractivity contribution >= 4 is 5.91 Å². The van der Waals surface area contributed by atoms with Gasteiger partial charge in [0.2, 0.25) is 5.91 Å². The Kier molecular flexibility index (Phi) is 8.41. The molecule has 1 aromatic carbocycles. The number of methoxy groups -OCH3 is 2. The van der Waals surface area contributed by atoms with Crippen molar-refractivity contribution in [3.05, 3.63) is 23.8 Å². The number of benzene rings is 1. The second kappa shape index (κ2) is 10.1. The minimum absolute atomic E-state index is 0.0511. The molecular formula is C18H29NO3. The van der Waals surface area contributed by atoms with Crippen LogP contribution in [0, 0.1) is 0 Å². The summed E-state index contributed by atoms with van der Waals surface area (Å²) in [4.78, 5) is 12.1. The van der Waals surface area contributed by atoms with Gasteiger partial charge in [-0.15, -0.1) is 0 Å². The molecule has 0 aliphatic heterocycles. The molecular weight excluding hydrogens is 278 g/mol. The summed E-state index contributed by atoms with van der Waals surface area (Å²) >= 11 is 0. The predicted molar refractivity (Wildman–Crippen MR) is 89.6 cm³/mol. The Morgan fingerprint density at radius 2 is 1.86 bits per heavy atom. The third-order valence-corrected chi connectivity index (χ3v) is 3.71. The number of unbranched alkanes of at least 4 members (excludes halogenated alkanes) is 3. The van der Waals surface area contributed by atoms with Gasteiger partial charge in [-0.3, -0.25) is 4.79 Å². The molecule has 1 amide bonds. The molecule has 0 fully saturated rings. The van der Waals surface area contributed by atoms with Crippen molar-refractivity contribution in [1.29, 1.82) is 0 Å². The van der Waals surface area contributed by atoms with E-state index in [0.717, 1.165) is 12.0 Å². The topological polar surface area (TPSA) is 47.6 Å². The van der Waals surface area contributed by atoms with Crippen LogP contribution in [0.5, 0.6) is 11.5 Å². The average molecular weight is 307 g/mol. The van der Waals surface area contributed by atoms with Crippen molar-refractivity contribution in [1.82, 2.24) is 5.32 Å². The molecule has 1 rings (SSSR count). The van der Waals surface area contributed by atoms with Crippen molar-refractivity contribution in [2.45, 2.75) is 58.4 Å². The van der Waals surface area contributed by atoms with Crippen LogP contribution in [0.25, 0.3) is 0 Å². The molecule has 4 heteroatoms. The summed E-state index contributed by atoms with van der Waals surface area (Å²) in [5, 5.41) is 3.06. The first-order valence-electron chi connectivity index (χ1n) is 8.11. The number of hydrogen-bond acceptors (Lipinski definition) is 3. The summed E-state index contributed by atoms with van der Waals surface area (Å²) in [6.07, 6.45) is 6.32. The highest BCUT2D eigenvalue weighted by atomic mass is 16.5. The smallest absolute Gasteiger partial charge is 0.224 e. The quantitative estimate of drug-likeness (QED) is 0.670. The molecule has 124 valence electrons. The second-order valence-electron chi connectivity index (χ2n) is 5.68. The first-order valence-corrected chi connectivity index (χ1v) is 8.11. The SMILES string of the molecule is CCCCCCC(C)NC(=O)Cc1ccc(OC)c(OC)c1. The molecule has 1 aromatic rings. The zero-order valence-electron chi connectivity index (χ0n) is 14.3. The summed E-state index contributed by atoms with van der Waals surface area (Å²) in [6.45, 7) is 4.27. The molecule has 22 heavy (non-hydrogen) atoms. The van der Waals surface area contributed by atoms with E-state index in [1.54, 1.807) is 14.2 Å². The molecule has 0 spiro atoms. The van der Waals surface area contributed by atoms with E-state index in [9.17, 15) is 4.79 Å². The van der Waals surface area contributed by atoms with E-state index < -0.39 is 0 Å². The van der Waals surface area contributed by atoms with E-state index in [0.29, 0.717) is 17.9 Å². The van der Waals surface area contributed by atoms with Gasteiger partial charge in [0.15, 0.2) is 11.5 Å².